The lowest BCUT2D eigenvalue weighted by Gasteiger charge is -2.18. The van der Waals surface area contributed by atoms with Gasteiger partial charge in [0.25, 0.3) is 5.91 Å². The maximum absolute atomic E-state index is 12.6. The highest BCUT2D eigenvalue weighted by Crippen LogP contribution is 2.40. The molecule has 1 aliphatic carbocycles. The lowest BCUT2D eigenvalue weighted by atomic mass is 9.88. The second kappa shape index (κ2) is 10.1. The Hall–Kier alpha value is -1.40. The molecule has 2 N–H and O–H groups in total. The molecule has 146 valence electrons. The average molecular weight is 382 g/mol. The Morgan fingerprint density at radius 1 is 1.31 bits per heavy atom. The highest BCUT2D eigenvalue weighted by Gasteiger charge is 2.29. The molecule has 1 aromatic heterocycles. The number of unbranched alkanes of at least 4 members (excludes halogenated alkanes) is 1. The molecule has 2 atom stereocenters. The molecule has 0 saturated carbocycles. The number of esters is 1. The Labute approximate surface area is 161 Å². The van der Waals surface area contributed by atoms with Gasteiger partial charge in [0.1, 0.15) is 5.00 Å². The van der Waals surface area contributed by atoms with Crippen LogP contribution in [0.3, 0.4) is 0 Å². The van der Waals surface area contributed by atoms with Crippen LogP contribution in [0.5, 0.6) is 0 Å². The first-order chi connectivity index (χ1) is 12.5. The number of fused-ring (bicyclic) bond motifs is 1. The molecule has 0 aromatic carbocycles. The highest BCUT2D eigenvalue weighted by atomic mass is 32.1. The summed E-state index contributed by atoms with van der Waals surface area (Å²) >= 11 is 1.56. The van der Waals surface area contributed by atoms with Crippen LogP contribution in [0.15, 0.2) is 0 Å². The largest absolute Gasteiger partial charge is 0.462 e. The SMILES string of the molecule is CCCC[NH+](CC)CC(=O)Nc1sc2c(c1C(=O)OCC)CC[C@H](C)C2. The molecule has 1 aliphatic rings. The summed E-state index contributed by atoms with van der Waals surface area (Å²) in [4.78, 5) is 27.6. The van der Waals surface area contributed by atoms with Crippen molar-refractivity contribution in [1.82, 2.24) is 0 Å². The van der Waals surface area contributed by atoms with E-state index >= 15 is 0 Å². The number of thiophene rings is 1. The van der Waals surface area contributed by atoms with Crippen LogP contribution in [0.2, 0.25) is 0 Å². The summed E-state index contributed by atoms with van der Waals surface area (Å²) in [5.74, 6) is 0.296. The van der Waals surface area contributed by atoms with Crippen LogP contribution in [0.1, 0.15) is 67.8 Å². The van der Waals surface area contributed by atoms with E-state index < -0.39 is 0 Å². The van der Waals surface area contributed by atoms with Crippen molar-refractivity contribution in [3.63, 3.8) is 0 Å². The second-order valence-electron chi connectivity index (χ2n) is 7.21. The van der Waals surface area contributed by atoms with E-state index in [1.165, 1.54) is 9.78 Å². The number of nitrogens with one attached hydrogen (secondary N) is 2. The Morgan fingerprint density at radius 3 is 2.73 bits per heavy atom. The van der Waals surface area contributed by atoms with E-state index in [9.17, 15) is 9.59 Å². The monoisotopic (exact) mass is 381 g/mol. The van der Waals surface area contributed by atoms with E-state index in [2.05, 4.69) is 26.1 Å². The Balaban J connectivity index is 2.17. The minimum Gasteiger partial charge on any atom is -0.462 e. The Kier molecular flexibility index (Phi) is 8.10. The zero-order valence-electron chi connectivity index (χ0n) is 16.6. The third kappa shape index (κ3) is 5.30. The standard InChI is InChI=1S/C20H32N2O3S/c1-5-8-11-22(6-2)13-17(23)21-19-18(20(24)25-7-3)15-10-9-14(4)12-16(15)26-19/h14H,5-13H2,1-4H3,(H,21,23)/p+1/t14-/m0/s1. The van der Waals surface area contributed by atoms with Gasteiger partial charge in [-0.15, -0.1) is 11.3 Å². The number of quaternary nitrogens is 1. The maximum Gasteiger partial charge on any atom is 0.341 e. The minimum absolute atomic E-state index is 0.0184. The molecule has 1 unspecified atom stereocenters. The van der Waals surface area contributed by atoms with E-state index in [1.807, 2.05) is 6.92 Å². The van der Waals surface area contributed by atoms with Gasteiger partial charge >= 0.3 is 5.97 Å². The van der Waals surface area contributed by atoms with Crippen LogP contribution in [-0.4, -0.2) is 38.1 Å². The zero-order valence-corrected chi connectivity index (χ0v) is 17.4. The third-order valence-electron chi connectivity index (χ3n) is 5.04. The van der Waals surface area contributed by atoms with Crippen molar-refractivity contribution < 1.29 is 19.2 Å². The molecule has 6 heteroatoms. The fourth-order valence-corrected chi connectivity index (χ4v) is 4.89. The van der Waals surface area contributed by atoms with Gasteiger partial charge in [-0.3, -0.25) is 4.79 Å². The minimum atomic E-state index is -0.305. The molecule has 1 amide bonds. The van der Waals surface area contributed by atoms with Crippen molar-refractivity contribution in [1.29, 1.82) is 0 Å². The highest BCUT2D eigenvalue weighted by molar-refractivity contribution is 7.17. The molecule has 1 heterocycles. The van der Waals surface area contributed by atoms with Crippen molar-refractivity contribution in [2.45, 2.75) is 59.8 Å². The number of carbonyl (C=O) groups is 2. The number of hydrogen-bond acceptors (Lipinski definition) is 4. The summed E-state index contributed by atoms with van der Waals surface area (Å²) in [6, 6.07) is 0. The van der Waals surface area contributed by atoms with Crippen molar-refractivity contribution in [2.75, 3.05) is 31.6 Å². The van der Waals surface area contributed by atoms with Crippen LogP contribution >= 0.6 is 11.3 Å². The molecule has 26 heavy (non-hydrogen) atoms. The molecule has 0 bridgehead atoms. The quantitative estimate of drug-likeness (QED) is 0.647. The normalized spacial score (nSPS) is 17.5. The molecule has 1 aromatic rings. The molecule has 0 fully saturated rings. The van der Waals surface area contributed by atoms with Gasteiger partial charge in [0.2, 0.25) is 0 Å². The zero-order chi connectivity index (χ0) is 19.1. The van der Waals surface area contributed by atoms with Gasteiger partial charge in [0.15, 0.2) is 6.54 Å². The molecule has 2 rings (SSSR count). The predicted molar refractivity (Wildman–Crippen MR) is 106 cm³/mol. The lowest BCUT2D eigenvalue weighted by Crippen LogP contribution is -3.12. The number of ether oxygens (including phenoxy) is 1. The molecule has 0 radical (unpaired) electrons. The number of likely N-dealkylation sites (N-methyl/N-ethyl adjacent to an activating group) is 1. The van der Waals surface area contributed by atoms with Crippen LogP contribution in [0.25, 0.3) is 0 Å². The fourth-order valence-electron chi connectivity index (χ4n) is 3.47. The first-order valence-electron chi connectivity index (χ1n) is 9.95. The number of carbonyl (C=O) groups excluding carboxylic acids is 2. The summed E-state index contributed by atoms with van der Waals surface area (Å²) in [6.45, 7) is 11.0. The molecular weight excluding hydrogens is 348 g/mol. The van der Waals surface area contributed by atoms with Crippen LogP contribution in [0.4, 0.5) is 5.00 Å². The summed E-state index contributed by atoms with van der Waals surface area (Å²) in [6.07, 6.45) is 5.20. The first kappa shape index (κ1) is 20.9. The van der Waals surface area contributed by atoms with Crippen molar-refractivity contribution >= 4 is 28.2 Å². The van der Waals surface area contributed by atoms with Gasteiger partial charge in [-0.2, -0.15) is 0 Å². The summed E-state index contributed by atoms with van der Waals surface area (Å²) in [5.41, 5.74) is 1.69. The summed E-state index contributed by atoms with van der Waals surface area (Å²) in [5, 5.41) is 3.70. The van der Waals surface area contributed by atoms with Gasteiger partial charge in [-0.25, -0.2) is 4.79 Å². The molecule has 0 saturated heterocycles. The smallest absolute Gasteiger partial charge is 0.341 e. The molecule has 0 spiro atoms. The molecule has 0 aliphatic heterocycles. The van der Waals surface area contributed by atoms with E-state index in [-0.39, 0.29) is 11.9 Å². The Bertz CT molecular complexity index is 627. The number of hydrogen-bond donors (Lipinski definition) is 2. The fraction of sp³-hybridized carbons (Fsp3) is 0.700. The number of amides is 1. The van der Waals surface area contributed by atoms with Crippen molar-refractivity contribution in [3.05, 3.63) is 16.0 Å². The number of anilines is 1. The lowest BCUT2D eigenvalue weighted by molar-refractivity contribution is -0.890. The maximum atomic E-state index is 12.6. The third-order valence-corrected chi connectivity index (χ3v) is 6.21. The van der Waals surface area contributed by atoms with Gasteiger partial charge in [0, 0.05) is 4.88 Å². The second-order valence-corrected chi connectivity index (χ2v) is 8.31. The van der Waals surface area contributed by atoms with Gasteiger partial charge in [-0.05, 0) is 51.0 Å². The molecule has 5 nitrogen and oxygen atoms in total. The topological polar surface area (TPSA) is 59.8 Å². The van der Waals surface area contributed by atoms with Crippen LogP contribution in [0, 0.1) is 5.92 Å². The van der Waals surface area contributed by atoms with E-state index in [1.54, 1.807) is 11.3 Å². The van der Waals surface area contributed by atoms with Crippen molar-refractivity contribution in [3.8, 4) is 0 Å². The predicted octanol–water partition coefficient (Wildman–Crippen LogP) is 2.69. The van der Waals surface area contributed by atoms with Gasteiger partial charge < -0.3 is 15.0 Å². The summed E-state index contributed by atoms with van der Waals surface area (Å²) < 4.78 is 5.27. The van der Waals surface area contributed by atoms with E-state index in [0.717, 1.165) is 50.8 Å². The van der Waals surface area contributed by atoms with Gasteiger partial charge in [-0.1, -0.05) is 20.3 Å². The Morgan fingerprint density at radius 2 is 2.08 bits per heavy atom. The van der Waals surface area contributed by atoms with Crippen LogP contribution < -0.4 is 10.2 Å². The van der Waals surface area contributed by atoms with Crippen LogP contribution in [-0.2, 0) is 22.4 Å². The van der Waals surface area contributed by atoms with E-state index in [4.69, 9.17) is 4.74 Å². The van der Waals surface area contributed by atoms with Crippen molar-refractivity contribution in [2.24, 2.45) is 5.92 Å². The number of rotatable bonds is 9. The van der Waals surface area contributed by atoms with E-state index in [0.29, 0.717) is 29.6 Å². The summed E-state index contributed by atoms with van der Waals surface area (Å²) in [7, 11) is 0. The first-order valence-corrected chi connectivity index (χ1v) is 10.8. The van der Waals surface area contributed by atoms with Gasteiger partial charge in [0.05, 0.1) is 25.3 Å². The molecular formula is C20H33N2O3S+. The average Bonchev–Trinajstić information content (AvgIpc) is 2.95.